The third-order valence-electron chi connectivity index (χ3n) is 6.74. The van der Waals surface area contributed by atoms with Crippen molar-refractivity contribution in [2.45, 2.75) is 29.7 Å². The normalized spacial score (nSPS) is 24.8. The number of rotatable bonds is 3. The van der Waals surface area contributed by atoms with Gasteiger partial charge >= 0.3 is 0 Å². The topological polar surface area (TPSA) is 95.0 Å². The summed E-state index contributed by atoms with van der Waals surface area (Å²) in [5.74, 6) is 0.281. The fourth-order valence-electron chi connectivity index (χ4n) is 4.88. The van der Waals surface area contributed by atoms with Crippen molar-refractivity contribution in [3.63, 3.8) is 0 Å². The van der Waals surface area contributed by atoms with Crippen molar-refractivity contribution < 1.29 is 18.3 Å². The van der Waals surface area contributed by atoms with Crippen molar-refractivity contribution in [1.82, 2.24) is 19.5 Å². The van der Waals surface area contributed by atoms with Gasteiger partial charge < -0.3 is 9.84 Å². The van der Waals surface area contributed by atoms with Gasteiger partial charge in [0.05, 0.1) is 12.1 Å². The number of ether oxygens (including phenoxy) is 1. The number of benzene rings is 2. The Balaban J connectivity index is 1.51. The minimum atomic E-state index is -3.90. The molecule has 2 aliphatic heterocycles. The van der Waals surface area contributed by atoms with Gasteiger partial charge in [0.15, 0.2) is 0 Å². The Morgan fingerprint density at radius 3 is 2.72 bits per heavy atom. The van der Waals surface area contributed by atoms with Gasteiger partial charge in [0.2, 0.25) is 10.0 Å². The van der Waals surface area contributed by atoms with Gasteiger partial charge in [-0.05, 0) is 42.4 Å². The van der Waals surface area contributed by atoms with E-state index < -0.39 is 16.1 Å². The number of fused-ring (bicyclic) bond motifs is 2. The molecule has 1 fully saturated rings. The molecular weight excluding hydrogens is 500 g/mol. The highest BCUT2D eigenvalue weighted by Gasteiger charge is 2.39. The summed E-state index contributed by atoms with van der Waals surface area (Å²) in [7, 11) is -1.97. The Labute approximate surface area is 216 Å². The first-order valence-corrected chi connectivity index (χ1v) is 13.7. The van der Waals surface area contributed by atoms with Crippen molar-refractivity contribution in [2.75, 3.05) is 33.2 Å². The maximum Gasteiger partial charge on any atom is 0.244 e. The number of nitrogens with zero attached hydrogens (tertiary/aromatic N) is 3. The highest BCUT2D eigenvalue weighted by atomic mass is 35.5. The zero-order chi connectivity index (χ0) is 25.3. The lowest BCUT2D eigenvalue weighted by molar-refractivity contribution is 0.0713. The number of β-amino-alcohol motifs (C(OH)–C–C–N with tert-alkyl or cyclic N) is 1. The molecule has 1 saturated heterocycles. The van der Waals surface area contributed by atoms with Crippen LogP contribution < -0.4 is 9.46 Å². The monoisotopic (exact) mass is 528 g/mol. The Morgan fingerprint density at radius 1 is 1.11 bits per heavy atom. The summed E-state index contributed by atoms with van der Waals surface area (Å²) in [5.41, 5.74) is 2.69. The van der Waals surface area contributed by atoms with E-state index in [-0.39, 0.29) is 29.3 Å². The van der Waals surface area contributed by atoms with E-state index in [1.165, 1.54) is 0 Å². The van der Waals surface area contributed by atoms with Crippen LogP contribution in [-0.4, -0.2) is 79.8 Å². The van der Waals surface area contributed by atoms with Crippen LogP contribution in [0.25, 0.3) is 11.1 Å². The lowest BCUT2D eigenvalue weighted by atomic mass is 10.1. The highest BCUT2D eigenvalue weighted by molar-refractivity contribution is 7.89. The summed E-state index contributed by atoms with van der Waals surface area (Å²) < 4.78 is 35.4. The quantitative estimate of drug-likeness (QED) is 0.539. The van der Waals surface area contributed by atoms with E-state index in [0.29, 0.717) is 31.2 Å². The Bertz CT molecular complexity index is 1320. The lowest BCUT2D eigenvalue weighted by Crippen LogP contribution is -2.47. The number of likely N-dealkylation sites (tertiary alicyclic amines) is 1. The molecule has 0 amide bonds. The fraction of sp³-hybridized carbons (Fsp3) is 0.346. The molecule has 8 nitrogen and oxygen atoms in total. The van der Waals surface area contributed by atoms with Crippen molar-refractivity contribution in [3.8, 4) is 16.9 Å². The van der Waals surface area contributed by atoms with Crippen LogP contribution in [0.1, 0.15) is 5.56 Å². The average Bonchev–Trinajstić information content (AvgIpc) is 3.26. The maximum absolute atomic E-state index is 13.2. The maximum atomic E-state index is 13.2. The second-order valence-electron chi connectivity index (χ2n) is 9.36. The third-order valence-corrected chi connectivity index (χ3v) is 8.58. The van der Waals surface area contributed by atoms with E-state index in [4.69, 9.17) is 16.3 Å². The van der Waals surface area contributed by atoms with Crippen LogP contribution in [0.2, 0.25) is 5.02 Å². The molecule has 2 N–H and O–H groups in total. The van der Waals surface area contributed by atoms with Crippen molar-refractivity contribution in [2.24, 2.45) is 0 Å². The summed E-state index contributed by atoms with van der Waals surface area (Å²) in [6.07, 6.45) is 2.24. The molecule has 3 atom stereocenters. The van der Waals surface area contributed by atoms with Gasteiger partial charge in [-0.2, -0.15) is 0 Å². The molecule has 0 saturated carbocycles. The molecular formula is C26H29ClN4O4S. The average molecular weight is 529 g/mol. The molecule has 0 spiro atoms. The second-order valence-corrected chi connectivity index (χ2v) is 11.5. The van der Waals surface area contributed by atoms with Gasteiger partial charge in [0, 0.05) is 55.7 Å². The Kier molecular flexibility index (Phi) is 7.30. The molecule has 0 radical (unpaired) electrons. The largest absolute Gasteiger partial charge is 0.486 e. The lowest BCUT2D eigenvalue weighted by Gasteiger charge is -2.30. The van der Waals surface area contributed by atoms with Crippen LogP contribution in [0.4, 0.5) is 0 Å². The Hall–Kier alpha value is -2.53. The van der Waals surface area contributed by atoms with E-state index in [9.17, 15) is 13.5 Å². The first-order valence-electron chi connectivity index (χ1n) is 11.8. The molecule has 1 aromatic heterocycles. The smallest absolute Gasteiger partial charge is 0.244 e. The SMILES string of the molecule is CN1C[C@@H](O)CNS(=O)(=O)c2ccc(-c3cccnc3)cc2O[C@H]2CN(Cc3ccccc3Cl)C[C@H]21. The van der Waals surface area contributed by atoms with E-state index in [1.54, 1.807) is 30.6 Å². The number of sulfonamides is 1. The van der Waals surface area contributed by atoms with Gasteiger partial charge in [-0.1, -0.05) is 41.9 Å². The number of aliphatic hydroxyl groups is 1. The van der Waals surface area contributed by atoms with Crippen molar-refractivity contribution in [1.29, 1.82) is 0 Å². The first-order chi connectivity index (χ1) is 17.3. The van der Waals surface area contributed by atoms with Crippen LogP contribution in [0, 0.1) is 0 Å². The van der Waals surface area contributed by atoms with Crippen LogP contribution in [0.5, 0.6) is 5.75 Å². The van der Waals surface area contributed by atoms with Gasteiger partial charge in [-0.25, -0.2) is 13.1 Å². The standard InChI is InChI=1S/C26H29ClN4O4S/c1-30-15-21(32)13-29-36(33,34)26-9-8-18(19-6-4-10-28-12-19)11-24(26)35-25-17-31(16-23(25)30)14-20-5-2-3-7-22(20)27/h2-12,21,23,25,29,32H,13-17H2,1H3/t21-,23+,25-/m0/s1. The third kappa shape index (κ3) is 5.41. The summed E-state index contributed by atoms with van der Waals surface area (Å²) in [6.45, 7) is 2.15. The number of likely N-dealkylation sites (N-methyl/N-ethyl adjacent to an activating group) is 1. The van der Waals surface area contributed by atoms with Crippen LogP contribution in [0.15, 0.2) is 71.9 Å². The predicted octanol–water partition coefficient (Wildman–Crippen LogP) is 2.62. The highest BCUT2D eigenvalue weighted by Crippen LogP contribution is 2.33. The van der Waals surface area contributed by atoms with E-state index in [0.717, 1.165) is 16.7 Å². The molecule has 3 aromatic rings. The number of hydrogen-bond acceptors (Lipinski definition) is 7. The molecule has 0 unspecified atom stereocenters. The van der Waals surface area contributed by atoms with Crippen molar-refractivity contribution >= 4 is 21.6 Å². The van der Waals surface area contributed by atoms with E-state index >= 15 is 0 Å². The molecule has 5 rings (SSSR count). The molecule has 10 heteroatoms. The number of halogens is 1. The van der Waals surface area contributed by atoms with Gasteiger partial charge in [-0.3, -0.25) is 14.8 Å². The summed E-state index contributed by atoms with van der Waals surface area (Å²) in [5, 5.41) is 11.3. The zero-order valence-electron chi connectivity index (χ0n) is 19.9. The molecule has 0 bridgehead atoms. The predicted molar refractivity (Wildman–Crippen MR) is 138 cm³/mol. The summed E-state index contributed by atoms with van der Waals surface area (Å²) >= 11 is 6.41. The zero-order valence-corrected chi connectivity index (χ0v) is 21.5. The number of aromatic nitrogens is 1. The molecule has 2 aromatic carbocycles. The number of hydrogen-bond donors (Lipinski definition) is 2. The second kappa shape index (κ2) is 10.5. The van der Waals surface area contributed by atoms with Crippen molar-refractivity contribution in [3.05, 3.63) is 77.6 Å². The number of pyridine rings is 1. The summed E-state index contributed by atoms with van der Waals surface area (Å²) in [6, 6.07) is 16.5. The van der Waals surface area contributed by atoms with Gasteiger partial charge in [-0.15, -0.1) is 0 Å². The minimum Gasteiger partial charge on any atom is -0.486 e. The van der Waals surface area contributed by atoms with Crippen LogP contribution >= 0.6 is 11.6 Å². The molecule has 36 heavy (non-hydrogen) atoms. The van der Waals surface area contributed by atoms with Crippen LogP contribution in [0.3, 0.4) is 0 Å². The van der Waals surface area contributed by atoms with E-state index in [1.807, 2.05) is 48.3 Å². The molecule has 0 aliphatic carbocycles. The molecule has 190 valence electrons. The van der Waals surface area contributed by atoms with Gasteiger partial charge in [0.25, 0.3) is 0 Å². The number of nitrogens with one attached hydrogen (secondary N) is 1. The first kappa shape index (κ1) is 25.1. The summed E-state index contributed by atoms with van der Waals surface area (Å²) in [4.78, 5) is 8.53. The van der Waals surface area contributed by atoms with Gasteiger partial charge in [0.1, 0.15) is 16.7 Å². The minimum absolute atomic E-state index is 0.0511. The Morgan fingerprint density at radius 2 is 1.94 bits per heavy atom. The van der Waals surface area contributed by atoms with E-state index in [2.05, 4.69) is 14.6 Å². The fourth-order valence-corrected chi connectivity index (χ4v) is 6.26. The molecule has 2 aliphatic rings. The molecule has 3 heterocycles. The van der Waals surface area contributed by atoms with Crippen LogP contribution in [-0.2, 0) is 16.6 Å². The number of aliphatic hydroxyl groups excluding tert-OH is 1.